The van der Waals surface area contributed by atoms with Crippen molar-refractivity contribution < 1.29 is 24.2 Å². The number of amides is 1. The van der Waals surface area contributed by atoms with Crippen LogP contribution in [0.2, 0.25) is 0 Å². The number of carboxylic acid groups (broad SMARTS) is 1. The molecular weight excluding hydrogens is 458 g/mol. The summed E-state index contributed by atoms with van der Waals surface area (Å²) in [7, 11) is 1.40. The van der Waals surface area contributed by atoms with E-state index in [1.54, 1.807) is 4.90 Å². The molecule has 1 aromatic heterocycles. The van der Waals surface area contributed by atoms with Gasteiger partial charge in [0.05, 0.1) is 42.4 Å². The number of ether oxygens (including phenoxy) is 2. The smallest absolute Gasteiger partial charge is 0.414 e. The van der Waals surface area contributed by atoms with Gasteiger partial charge in [-0.3, -0.25) is 9.69 Å². The predicted molar refractivity (Wildman–Crippen MR) is 137 cm³/mol. The van der Waals surface area contributed by atoms with Crippen molar-refractivity contribution in [3.63, 3.8) is 0 Å². The minimum absolute atomic E-state index is 0.0219. The second-order valence-electron chi connectivity index (χ2n) is 9.93. The van der Waals surface area contributed by atoms with Crippen LogP contribution in [0.25, 0.3) is 11.0 Å². The summed E-state index contributed by atoms with van der Waals surface area (Å²) in [5, 5.41) is 10.2. The van der Waals surface area contributed by atoms with Crippen LogP contribution < -0.4 is 4.90 Å². The third-order valence-electron chi connectivity index (χ3n) is 7.56. The molecule has 3 heterocycles. The zero-order valence-electron chi connectivity index (χ0n) is 21.1. The highest BCUT2D eigenvalue weighted by molar-refractivity contribution is 5.95. The molecule has 1 amide bonds. The topological polar surface area (TPSA) is 93.9 Å². The van der Waals surface area contributed by atoms with Crippen LogP contribution >= 0.6 is 0 Å². The third-order valence-corrected chi connectivity index (χ3v) is 7.56. The van der Waals surface area contributed by atoms with Crippen LogP contribution in [0.5, 0.6) is 0 Å². The average Bonchev–Trinajstić information content (AvgIpc) is 3.26. The number of carbonyl (C=O) groups is 2. The highest BCUT2D eigenvalue weighted by Crippen LogP contribution is 2.39. The number of carboxylic acids is 1. The minimum Gasteiger partial charge on any atom is -0.481 e. The number of carbonyl (C=O) groups excluding carboxylic acids is 1. The van der Waals surface area contributed by atoms with Crippen molar-refractivity contribution in [2.75, 3.05) is 25.2 Å². The Hall–Kier alpha value is -3.39. The second-order valence-corrected chi connectivity index (χ2v) is 9.93. The van der Waals surface area contributed by atoms with Crippen molar-refractivity contribution in [2.45, 2.75) is 64.0 Å². The number of aromatic nitrogens is 2. The quantitative estimate of drug-likeness (QED) is 0.539. The number of benzene rings is 2. The maximum Gasteiger partial charge on any atom is 0.414 e. The molecule has 0 bridgehead atoms. The molecule has 0 spiro atoms. The molecule has 0 aliphatic carbocycles. The van der Waals surface area contributed by atoms with Crippen molar-refractivity contribution in [3.8, 4) is 0 Å². The Morgan fingerprint density at radius 1 is 1.19 bits per heavy atom. The number of nitrogens with zero attached hydrogens (tertiary/aromatic N) is 3. The van der Waals surface area contributed by atoms with Crippen molar-refractivity contribution >= 4 is 28.8 Å². The summed E-state index contributed by atoms with van der Waals surface area (Å²) < 4.78 is 13.1. The normalized spacial score (nSPS) is 20.7. The average molecular weight is 492 g/mol. The van der Waals surface area contributed by atoms with Gasteiger partial charge in [0.25, 0.3) is 0 Å². The fourth-order valence-electron chi connectivity index (χ4n) is 5.63. The molecule has 0 saturated carbocycles. The van der Waals surface area contributed by atoms with Crippen LogP contribution in [0.4, 0.5) is 10.5 Å². The SMILES string of the molecule is COC(=O)N1c2ccc3c(nc(CC(C(=O)O)c4ccc(C)cc4)n3[C@H]3CCCOC3)c2CC[C@@H]1C. The number of aryl methyl sites for hydroxylation is 2. The van der Waals surface area contributed by atoms with Crippen molar-refractivity contribution in [3.05, 3.63) is 58.9 Å². The number of hydrogen-bond acceptors (Lipinski definition) is 5. The van der Waals surface area contributed by atoms with E-state index in [9.17, 15) is 14.7 Å². The molecule has 2 aliphatic rings. The number of hydrogen-bond donors (Lipinski definition) is 1. The van der Waals surface area contributed by atoms with Gasteiger partial charge in [0, 0.05) is 24.6 Å². The van der Waals surface area contributed by atoms with Crippen molar-refractivity contribution in [1.29, 1.82) is 0 Å². The molecule has 3 aromatic rings. The number of fused-ring (bicyclic) bond motifs is 3. The van der Waals surface area contributed by atoms with E-state index in [1.165, 1.54) is 7.11 Å². The summed E-state index contributed by atoms with van der Waals surface area (Å²) in [4.78, 5) is 31.8. The minimum atomic E-state index is -0.870. The number of imidazole rings is 1. The fourth-order valence-corrected chi connectivity index (χ4v) is 5.63. The van der Waals surface area contributed by atoms with E-state index in [0.717, 1.165) is 71.5 Å². The fraction of sp³-hybridized carbons (Fsp3) is 0.464. The molecule has 190 valence electrons. The molecule has 36 heavy (non-hydrogen) atoms. The number of aliphatic carboxylic acids is 1. The summed E-state index contributed by atoms with van der Waals surface area (Å²) >= 11 is 0. The molecular formula is C28H33N3O5. The monoisotopic (exact) mass is 491 g/mol. The van der Waals surface area contributed by atoms with Gasteiger partial charge in [-0.1, -0.05) is 29.8 Å². The highest BCUT2D eigenvalue weighted by atomic mass is 16.5. The van der Waals surface area contributed by atoms with Crippen LogP contribution in [0, 0.1) is 6.92 Å². The van der Waals surface area contributed by atoms with Gasteiger partial charge < -0.3 is 19.1 Å². The maximum absolute atomic E-state index is 12.6. The van der Waals surface area contributed by atoms with Gasteiger partial charge in [-0.15, -0.1) is 0 Å². The number of rotatable bonds is 5. The van der Waals surface area contributed by atoms with Crippen LogP contribution in [-0.2, 0) is 27.1 Å². The lowest BCUT2D eigenvalue weighted by atomic mass is 9.94. The van der Waals surface area contributed by atoms with Gasteiger partial charge in [-0.2, -0.15) is 0 Å². The Morgan fingerprint density at radius 3 is 2.64 bits per heavy atom. The molecule has 1 saturated heterocycles. The second kappa shape index (κ2) is 9.93. The molecule has 3 atom stereocenters. The first-order valence-electron chi connectivity index (χ1n) is 12.7. The lowest BCUT2D eigenvalue weighted by molar-refractivity contribution is -0.138. The highest BCUT2D eigenvalue weighted by Gasteiger charge is 2.33. The number of anilines is 1. The van der Waals surface area contributed by atoms with E-state index in [2.05, 4.69) is 4.57 Å². The van der Waals surface area contributed by atoms with Crippen molar-refractivity contribution in [1.82, 2.24) is 9.55 Å². The van der Waals surface area contributed by atoms with Crippen LogP contribution in [0.1, 0.15) is 60.7 Å². The largest absolute Gasteiger partial charge is 0.481 e. The van der Waals surface area contributed by atoms with Gasteiger partial charge in [0.2, 0.25) is 0 Å². The molecule has 2 aliphatic heterocycles. The Bertz CT molecular complexity index is 1280. The van der Waals surface area contributed by atoms with Gasteiger partial charge in [-0.05, 0) is 57.2 Å². The molecule has 1 unspecified atom stereocenters. The lowest BCUT2D eigenvalue weighted by Gasteiger charge is -2.34. The molecule has 5 rings (SSSR count). The summed E-state index contributed by atoms with van der Waals surface area (Å²) in [6, 6.07) is 11.8. The molecule has 1 N–H and O–H groups in total. The Labute approximate surface area is 210 Å². The van der Waals surface area contributed by atoms with Crippen LogP contribution in [0.3, 0.4) is 0 Å². The maximum atomic E-state index is 12.6. The van der Waals surface area contributed by atoms with Crippen molar-refractivity contribution in [2.24, 2.45) is 0 Å². The van der Waals surface area contributed by atoms with Crippen LogP contribution in [0.15, 0.2) is 36.4 Å². The zero-order chi connectivity index (χ0) is 25.4. The Balaban J connectivity index is 1.64. The third kappa shape index (κ3) is 4.34. The summed E-state index contributed by atoms with van der Waals surface area (Å²) in [5.41, 5.74) is 5.48. The molecule has 8 nitrogen and oxygen atoms in total. The number of methoxy groups -OCH3 is 1. The Morgan fingerprint density at radius 2 is 1.97 bits per heavy atom. The molecule has 2 aromatic carbocycles. The van der Waals surface area contributed by atoms with E-state index in [0.29, 0.717) is 6.61 Å². The van der Waals surface area contributed by atoms with E-state index in [1.807, 2.05) is 50.2 Å². The van der Waals surface area contributed by atoms with Gasteiger partial charge in [-0.25, -0.2) is 9.78 Å². The first-order valence-corrected chi connectivity index (χ1v) is 12.7. The van der Waals surface area contributed by atoms with E-state index in [-0.39, 0.29) is 24.6 Å². The van der Waals surface area contributed by atoms with Gasteiger partial charge in [0.1, 0.15) is 5.82 Å². The standard InChI is InChI=1S/C28H33N3O5/c1-17-6-9-19(10-7-17)22(27(32)33)15-25-29-26-21-11-8-18(2)30(28(34)35-3)23(21)12-13-24(26)31(25)20-5-4-14-36-16-20/h6-7,9-10,12-13,18,20,22H,4-5,8,11,14-16H2,1-3H3,(H,32,33)/t18-,20-,22?/m0/s1. The molecule has 1 fully saturated rings. The molecule has 8 heteroatoms. The van der Waals surface area contributed by atoms with Gasteiger partial charge in [0.15, 0.2) is 0 Å². The summed E-state index contributed by atoms with van der Waals surface area (Å²) in [5.74, 6) is -0.844. The first kappa shape index (κ1) is 24.3. The summed E-state index contributed by atoms with van der Waals surface area (Å²) in [6.07, 6.45) is 3.38. The lowest BCUT2D eigenvalue weighted by Crippen LogP contribution is -2.42. The van der Waals surface area contributed by atoms with Crippen LogP contribution in [-0.4, -0.2) is 53.1 Å². The molecule has 0 radical (unpaired) electrons. The van der Waals surface area contributed by atoms with Gasteiger partial charge >= 0.3 is 12.1 Å². The Kier molecular flexibility index (Phi) is 6.71. The van der Waals surface area contributed by atoms with E-state index >= 15 is 0 Å². The first-order chi connectivity index (χ1) is 17.4. The zero-order valence-corrected chi connectivity index (χ0v) is 21.1. The van der Waals surface area contributed by atoms with E-state index in [4.69, 9.17) is 14.5 Å². The predicted octanol–water partition coefficient (Wildman–Crippen LogP) is 5.01. The van der Waals surface area contributed by atoms with E-state index < -0.39 is 11.9 Å². The summed E-state index contributed by atoms with van der Waals surface area (Å²) in [6.45, 7) is 5.32.